The van der Waals surface area contributed by atoms with Gasteiger partial charge in [0.2, 0.25) is 5.91 Å². The average Bonchev–Trinajstić information content (AvgIpc) is 2.57. The first-order valence-electron chi connectivity index (χ1n) is 7.50. The number of rotatable bonds is 6. The number of methoxy groups -OCH3 is 2. The molecular formula is C18H20N2O5. The van der Waals surface area contributed by atoms with E-state index in [4.69, 9.17) is 9.47 Å². The predicted octanol–water partition coefficient (Wildman–Crippen LogP) is 2.12. The molecule has 7 nitrogen and oxygen atoms in total. The number of phenols is 2. The highest BCUT2D eigenvalue weighted by Gasteiger charge is 2.08. The summed E-state index contributed by atoms with van der Waals surface area (Å²) in [5.41, 5.74) is 4.20. The first-order valence-corrected chi connectivity index (χ1v) is 7.50. The molecule has 0 radical (unpaired) electrons. The number of hydrazone groups is 1. The van der Waals surface area contributed by atoms with E-state index in [1.54, 1.807) is 32.2 Å². The van der Waals surface area contributed by atoms with Crippen LogP contribution >= 0.6 is 0 Å². The average molecular weight is 344 g/mol. The molecule has 0 heterocycles. The molecule has 25 heavy (non-hydrogen) atoms. The van der Waals surface area contributed by atoms with Gasteiger partial charge in [0.15, 0.2) is 11.5 Å². The second-order valence-corrected chi connectivity index (χ2v) is 5.35. The summed E-state index contributed by atoms with van der Waals surface area (Å²) in [6, 6.07) is 7.91. The van der Waals surface area contributed by atoms with Crippen LogP contribution in [0.15, 0.2) is 35.4 Å². The van der Waals surface area contributed by atoms with Gasteiger partial charge in [-0.15, -0.1) is 0 Å². The number of hydrogen-bond donors (Lipinski definition) is 3. The van der Waals surface area contributed by atoms with Crippen molar-refractivity contribution < 1.29 is 24.5 Å². The van der Waals surface area contributed by atoms with Crippen LogP contribution in [-0.2, 0) is 11.2 Å². The molecule has 132 valence electrons. The van der Waals surface area contributed by atoms with Crippen LogP contribution in [0.5, 0.6) is 23.0 Å². The van der Waals surface area contributed by atoms with E-state index >= 15 is 0 Å². The number of amides is 1. The smallest absolute Gasteiger partial charge is 0.244 e. The Morgan fingerprint density at radius 1 is 1.16 bits per heavy atom. The number of nitrogens with one attached hydrogen (secondary N) is 1. The quantitative estimate of drug-likeness (QED) is 0.550. The first-order chi connectivity index (χ1) is 11.9. The lowest BCUT2D eigenvalue weighted by atomic mass is 10.1. The van der Waals surface area contributed by atoms with Crippen molar-refractivity contribution >= 4 is 12.1 Å². The Bertz CT molecular complexity index is 779. The van der Waals surface area contributed by atoms with Crippen molar-refractivity contribution in [1.82, 2.24) is 5.43 Å². The summed E-state index contributed by atoms with van der Waals surface area (Å²) in [7, 11) is 3.07. The summed E-state index contributed by atoms with van der Waals surface area (Å²) >= 11 is 0. The molecule has 0 atom stereocenters. The molecule has 2 rings (SSSR count). The van der Waals surface area contributed by atoms with Gasteiger partial charge in [0.1, 0.15) is 11.5 Å². The lowest BCUT2D eigenvalue weighted by molar-refractivity contribution is -0.120. The molecule has 1 amide bonds. The molecule has 0 aliphatic heterocycles. The topological polar surface area (TPSA) is 100 Å². The van der Waals surface area contributed by atoms with Gasteiger partial charge >= 0.3 is 0 Å². The lowest BCUT2D eigenvalue weighted by Gasteiger charge is -2.09. The summed E-state index contributed by atoms with van der Waals surface area (Å²) in [5.74, 6) is 0.656. The summed E-state index contributed by atoms with van der Waals surface area (Å²) in [4.78, 5) is 12.0. The molecule has 7 heteroatoms. The van der Waals surface area contributed by atoms with E-state index in [-0.39, 0.29) is 23.8 Å². The van der Waals surface area contributed by atoms with Crippen molar-refractivity contribution in [2.24, 2.45) is 5.10 Å². The Morgan fingerprint density at radius 3 is 2.52 bits per heavy atom. The molecular weight excluding hydrogens is 324 g/mol. The molecule has 2 aromatic carbocycles. The van der Waals surface area contributed by atoms with Crippen LogP contribution in [0.3, 0.4) is 0 Å². The van der Waals surface area contributed by atoms with Gasteiger partial charge in [-0.3, -0.25) is 4.79 Å². The summed E-state index contributed by atoms with van der Waals surface area (Å²) in [6.07, 6.45) is 1.44. The number of hydrogen-bond acceptors (Lipinski definition) is 6. The highest BCUT2D eigenvalue weighted by Crippen LogP contribution is 2.27. The second-order valence-electron chi connectivity index (χ2n) is 5.35. The van der Waals surface area contributed by atoms with Crippen LogP contribution < -0.4 is 14.9 Å². The monoisotopic (exact) mass is 344 g/mol. The van der Waals surface area contributed by atoms with Crippen LogP contribution in [0, 0.1) is 6.92 Å². The van der Waals surface area contributed by atoms with Gasteiger partial charge in [-0.2, -0.15) is 5.10 Å². The van der Waals surface area contributed by atoms with Gasteiger partial charge in [-0.25, -0.2) is 5.43 Å². The molecule has 0 bridgehead atoms. The fourth-order valence-corrected chi connectivity index (χ4v) is 2.31. The Balaban J connectivity index is 2.02. The summed E-state index contributed by atoms with van der Waals surface area (Å²) < 4.78 is 10.3. The fraction of sp³-hybridized carbons (Fsp3) is 0.222. The zero-order chi connectivity index (χ0) is 18.4. The number of benzene rings is 2. The molecule has 0 unspecified atom stereocenters. The van der Waals surface area contributed by atoms with E-state index in [0.717, 1.165) is 5.56 Å². The Morgan fingerprint density at radius 2 is 1.88 bits per heavy atom. The number of carbonyl (C=O) groups is 1. The highest BCUT2D eigenvalue weighted by molar-refractivity contribution is 5.87. The maximum absolute atomic E-state index is 12.0. The Kier molecular flexibility index (Phi) is 5.84. The maximum atomic E-state index is 12.0. The van der Waals surface area contributed by atoms with Crippen LogP contribution in [0.25, 0.3) is 0 Å². The third-order valence-corrected chi connectivity index (χ3v) is 3.55. The van der Waals surface area contributed by atoms with E-state index in [2.05, 4.69) is 10.5 Å². The van der Waals surface area contributed by atoms with Crippen LogP contribution in [0.2, 0.25) is 0 Å². The van der Waals surface area contributed by atoms with Crippen molar-refractivity contribution in [3.8, 4) is 23.0 Å². The van der Waals surface area contributed by atoms with Gasteiger partial charge in [-0.05, 0) is 36.2 Å². The van der Waals surface area contributed by atoms with E-state index in [1.807, 2.05) is 0 Å². The third-order valence-electron chi connectivity index (χ3n) is 3.55. The van der Waals surface area contributed by atoms with Gasteiger partial charge in [-0.1, -0.05) is 6.07 Å². The Hall–Kier alpha value is -3.22. The molecule has 0 fully saturated rings. The molecule has 0 spiro atoms. The molecule has 0 aliphatic rings. The normalized spacial score (nSPS) is 10.7. The van der Waals surface area contributed by atoms with Crippen molar-refractivity contribution in [3.63, 3.8) is 0 Å². The largest absolute Gasteiger partial charge is 0.508 e. The first kappa shape index (κ1) is 18.1. The highest BCUT2D eigenvalue weighted by atomic mass is 16.5. The van der Waals surface area contributed by atoms with Crippen LogP contribution in [0.4, 0.5) is 0 Å². The van der Waals surface area contributed by atoms with Gasteiger partial charge < -0.3 is 19.7 Å². The zero-order valence-electron chi connectivity index (χ0n) is 14.2. The molecule has 0 aromatic heterocycles. The number of nitrogens with zero attached hydrogens (tertiary/aromatic N) is 1. The molecule has 0 saturated heterocycles. The third kappa shape index (κ3) is 4.63. The minimum Gasteiger partial charge on any atom is -0.508 e. The molecule has 0 aliphatic carbocycles. The zero-order valence-corrected chi connectivity index (χ0v) is 14.2. The minimum absolute atomic E-state index is 0.0374. The van der Waals surface area contributed by atoms with Gasteiger partial charge in [0.05, 0.1) is 26.9 Å². The van der Waals surface area contributed by atoms with E-state index in [1.165, 1.54) is 25.5 Å². The maximum Gasteiger partial charge on any atom is 0.244 e. The fourth-order valence-electron chi connectivity index (χ4n) is 2.31. The lowest BCUT2D eigenvalue weighted by Crippen LogP contribution is -2.19. The van der Waals surface area contributed by atoms with Gasteiger partial charge in [0.25, 0.3) is 0 Å². The SMILES string of the molecule is COc1ccc(CC(=O)N/N=C\c2c(C)cc(O)cc2O)cc1OC. The molecule has 2 aromatic rings. The predicted molar refractivity (Wildman–Crippen MR) is 93.5 cm³/mol. The van der Waals surface area contributed by atoms with Crippen LogP contribution in [0.1, 0.15) is 16.7 Å². The molecule has 0 saturated carbocycles. The van der Waals surface area contributed by atoms with E-state index < -0.39 is 0 Å². The Labute approximate surface area is 145 Å². The standard InChI is InChI=1S/C18H20N2O5/c1-11-6-13(21)9-15(22)14(11)10-19-20-18(23)8-12-4-5-16(24-2)17(7-12)25-3/h4-7,9-10,21-22H,8H2,1-3H3,(H,20,23)/b19-10-. The summed E-state index contributed by atoms with van der Waals surface area (Å²) in [5, 5.41) is 23.0. The van der Waals surface area contributed by atoms with Crippen molar-refractivity contribution in [2.45, 2.75) is 13.3 Å². The van der Waals surface area contributed by atoms with Crippen molar-refractivity contribution in [1.29, 1.82) is 0 Å². The minimum atomic E-state index is -0.320. The van der Waals surface area contributed by atoms with Crippen LogP contribution in [-0.4, -0.2) is 36.6 Å². The van der Waals surface area contributed by atoms with E-state index in [9.17, 15) is 15.0 Å². The van der Waals surface area contributed by atoms with Crippen molar-refractivity contribution in [2.75, 3.05) is 14.2 Å². The van der Waals surface area contributed by atoms with E-state index in [0.29, 0.717) is 22.6 Å². The van der Waals surface area contributed by atoms with Crippen molar-refractivity contribution in [3.05, 3.63) is 47.0 Å². The molecule has 3 N–H and O–H groups in total. The summed E-state index contributed by atoms with van der Waals surface area (Å²) in [6.45, 7) is 1.71. The van der Waals surface area contributed by atoms with Gasteiger partial charge in [0, 0.05) is 11.6 Å². The number of aromatic hydroxyl groups is 2. The number of carbonyl (C=O) groups excluding carboxylic acids is 1. The second kappa shape index (κ2) is 8.05. The number of ether oxygens (including phenoxy) is 2. The number of phenolic OH excluding ortho intramolecular Hbond substituents is 2. The number of aryl methyl sites for hydroxylation is 1.